The summed E-state index contributed by atoms with van der Waals surface area (Å²) >= 11 is 0. The number of carbonyl (C=O) groups is 1. The van der Waals surface area contributed by atoms with Crippen LogP contribution in [0.2, 0.25) is 0 Å². The van der Waals surface area contributed by atoms with E-state index in [1.54, 1.807) is 0 Å². The molecule has 0 heterocycles. The maximum Gasteiger partial charge on any atom is 0.254 e. The van der Waals surface area contributed by atoms with Gasteiger partial charge >= 0.3 is 0 Å². The van der Waals surface area contributed by atoms with Crippen molar-refractivity contribution in [3.63, 3.8) is 0 Å². The van der Waals surface area contributed by atoms with Gasteiger partial charge in [-0.05, 0) is 36.5 Å². The second-order valence-electron chi connectivity index (χ2n) is 5.29. The lowest BCUT2D eigenvalue weighted by Crippen LogP contribution is -2.26. The highest BCUT2D eigenvalue weighted by molar-refractivity contribution is 5.94. The molecule has 2 N–H and O–H groups in total. The second-order valence-corrected chi connectivity index (χ2v) is 5.29. The van der Waals surface area contributed by atoms with Crippen LogP contribution in [0.4, 0.5) is 8.78 Å². The third-order valence-electron chi connectivity index (χ3n) is 3.70. The van der Waals surface area contributed by atoms with E-state index in [1.165, 1.54) is 0 Å². The Morgan fingerprint density at radius 2 is 1.83 bits per heavy atom. The molecule has 2 aromatic carbocycles. The van der Waals surface area contributed by atoms with E-state index in [2.05, 4.69) is 5.32 Å². The zero-order valence-electron chi connectivity index (χ0n) is 12.6. The molecule has 23 heavy (non-hydrogen) atoms. The van der Waals surface area contributed by atoms with E-state index in [9.17, 15) is 18.7 Å². The van der Waals surface area contributed by atoms with Crippen LogP contribution in [0.1, 0.15) is 34.7 Å². The van der Waals surface area contributed by atoms with Crippen molar-refractivity contribution in [2.45, 2.75) is 18.8 Å². The molecular weight excluding hydrogens is 300 g/mol. The Kier molecular flexibility index (Phi) is 6.23. The monoisotopic (exact) mass is 319 g/mol. The summed E-state index contributed by atoms with van der Waals surface area (Å²) in [4.78, 5) is 11.9. The molecular formula is C18H19F2NO2. The third kappa shape index (κ3) is 4.86. The number of halogens is 2. The van der Waals surface area contributed by atoms with Gasteiger partial charge in [0.2, 0.25) is 0 Å². The van der Waals surface area contributed by atoms with Crippen LogP contribution in [0.5, 0.6) is 0 Å². The minimum Gasteiger partial charge on any atom is -0.396 e. The molecule has 0 aliphatic heterocycles. The van der Waals surface area contributed by atoms with Crippen LogP contribution in [0, 0.1) is 11.6 Å². The summed E-state index contributed by atoms with van der Waals surface area (Å²) in [7, 11) is 0. The number of benzene rings is 2. The van der Waals surface area contributed by atoms with E-state index in [0.717, 1.165) is 17.7 Å². The molecule has 0 fully saturated rings. The number of rotatable bonds is 7. The van der Waals surface area contributed by atoms with Gasteiger partial charge in [-0.2, -0.15) is 0 Å². The lowest BCUT2D eigenvalue weighted by atomic mass is 9.93. The first kappa shape index (κ1) is 17.1. The molecule has 0 aromatic heterocycles. The Hall–Kier alpha value is -2.27. The first-order valence-corrected chi connectivity index (χ1v) is 7.51. The molecule has 0 saturated carbocycles. The highest BCUT2D eigenvalue weighted by Crippen LogP contribution is 2.22. The van der Waals surface area contributed by atoms with Crippen molar-refractivity contribution in [3.05, 3.63) is 71.3 Å². The van der Waals surface area contributed by atoms with Crippen LogP contribution < -0.4 is 5.32 Å². The standard InChI is InChI=1S/C18H19F2NO2/c19-15-6-7-16(17(20)12-15)18(23)21-10-8-14(9-11-22)13-4-2-1-3-5-13/h1-7,12,14,22H,8-11H2,(H,21,23). The molecule has 1 atom stereocenters. The molecule has 0 saturated heterocycles. The van der Waals surface area contributed by atoms with Crippen molar-refractivity contribution in [1.29, 1.82) is 0 Å². The number of nitrogens with one attached hydrogen (secondary N) is 1. The van der Waals surface area contributed by atoms with E-state index in [1.807, 2.05) is 30.3 Å². The number of hydrogen-bond acceptors (Lipinski definition) is 2. The van der Waals surface area contributed by atoms with Crippen LogP contribution in [-0.4, -0.2) is 24.2 Å². The summed E-state index contributed by atoms with van der Waals surface area (Å²) in [5, 5.41) is 11.8. The predicted octanol–water partition coefficient (Wildman–Crippen LogP) is 3.25. The Labute approximate surface area is 134 Å². The largest absolute Gasteiger partial charge is 0.396 e. The Morgan fingerprint density at radius 3 is 2.48 bits per heavy atom. The van der Waals surface area contributed by atoms with Gasteiger partial charge in [0.25, 0.3) is 5.91 Å². The van der Waals surface area contributed by atoms with Crippen molar-refractivity contribution in [2.24, 2.45) is 0 Å². The lowest BCUT2D eigenvalue weighted by Gasteiger charge is -2.16. The molecule has 1 unspecified atom stereocenters. The third-order valence-corrected chi connectivity index (χ3v) is 3.70. The fourth-order valence-corrected chi connectivity index (χ4v) is 2.49. The van der Waals surface area contributed by atoms with Crippen LogP contribution in [-0.2, 0) is 0 Å². The summed E-state index contributed by atoms with van der Waals surface area (Å²) < 4.78 is 26.4. The van der Waals surface area contributed by atoms with Crippen molar-refractivity contribution in [1.82, 2.24) is 5.32 Å². The summed E-state index contributed by atoms with van der Waals surface area (Å²) in [6.45, 7) is 0.398. The van der Waals surface area contributed by atoms with Crippen molar-refractivity contribution < 1.29 is 18.7 Å². The van der Waals surface area contributed by atoms with Gasteiger partial charge in [0.15, 0.2) is 0 Å². The Balaban J connectivity index is 1.93. The molecule has 2 aromatic rings. The topological polar surface area (TPSA) is 49.3 Å². The molecule has 0 radical (unpaired) electrons. The number of hydrogen-bond donors (Lipinski definition) is 2. The van der Waals surface area contributed by atoms with E-state index in [-0.39, 0.29) is 18.1 Å². The number of aliphatic hydroxyl groups excluding tert-OH is 1. The van der Waals surface area contributed by atoms with Gasteiger partial charge in [0.1, 0.15) is 11.6 Å². The SMILES string of the molecule is O=C(NCCC(CCO)c1ccccc1)c1ccc(F)cc1F. The molecule has 0 aliphatic rings. The van der Waals surface area contributed by atoms with Crippen LogP contribution in [0.25, 0.3) is 0 Å². The minimum absolute atomic E-state index is 0.0557. The average molecular weight is 319 g/mol. The summed E-state index contributed by atoms with van der Waals surface area (Å²) in [6.07, 6.45) is 1.21. The molecule has 0 aliphatic carbocycles. The maximum atomic E-state index is 13.5. The molecule has 1 amide bonds. The van der Waals surface area contributed by atoms with Gasteiger partial charge in [0, 0.05) is 19.2 Å². The summed E-state index contributed by atoms with van der Waals surface area (Å²) in [5.41, 5.74) is 0.911. The molecule has 2 rings (SSSR count). The normalized spacial score (nSPS) is 12.0. The predicted molar refractivity (Wildman–Crippen MR) is 84.2 cm³/mol. The Bertz CT molecular complexity index is 647. The zero-order valence-corrected chi connectivity index (χ0v) is 12.6. The lowest BCUT2D eigenvalue weighted by molar-refractivity contribution is 0.0948. The average Bonchev–Trinajstić information content (AvgIpc) is 2.54. The van der Waals surface area contributed by atoms with Gasteiger partial charge in [0.05, 0.1) is 5.56 Å². The number of carbonyl (C=O) groups excluding carboxylic acids is 1. The number of amides is 1. The van der Waals surface area contributed by atoms with Crippen LogP contribution in [0.15, 0.2) is 48.5 Å². The maximum absolute atomic E-state index is 13.5. The van der Waals surface area contributed by atoms with Crippen LogP contribution in [0.3, 0.4) is 0 Å². The highest BCUT2D eigenvalue weighted by Gasteiger charge is 2.14. The fraction of sp³-hybridized carbons (Fsp3) is 0.278. The zero-order chi connectivity index (χ0) is 16.7. The van der Waals surface area contributed by atoms with Gasteiger partial charge < -0.3 is 10.4 Å². The molecule has 0 spiro atoms. The van der Waals surface area contributed by atoms with E-state index >= 15 is 0 Å². The van der Waals surface area contributed by atoms with Gasteiger partial charge in [-0.25, -0.2) is 8.78 Å². The van der Waals surface area contributed by atoms with Gasteiger partial charge in [-0.1, -0.05) is 30.3 Å². The highest BCUT2D eigenvalue weighted by atomic mass is 19.1. The van der Waals surface area contributed by atoms with Crippen LogP contribution >= 0.6 is 0 Å². The minimum atomic E-state index is -0.877. The smallest absolute Gasteiger partial charge is 0.254 e. The molecule has 0 bridgehead atoms. The van der Waals surface area contributed by atoms with Crippen molar-refractivity contribution in [2.75, 3.05) is 13.2 Å². The first-order valence-electron chi connectivity index (χ1n) is 7.51. The molecule has 122 valence electrons. The fourth-order valence-electron chi connectivity index (χ4n) is 2.49. The van der Waals surface area contributed by atoms with Crippen molar-refractivity contribution in [3.8, 4) is 0 Å². The second kappa shape index (κ2) is 8.39. The quantitative estimate of drug-likeness (QED) is 0.823. The van der Waals surface area contributed by atoms with Gasteiger partial charge in [-0.15, -0.1) is 0 Å². The van der Waals surface area contributed by atoms with E-state index < -0.39 is 17.5 Å². The van der Waals surface area contributed by atoms with Gasteiger partial charge in [-0.3, -0.25) is 4.79 Å². The van der Waals surface area contributed by atoms with E-state index in [0.29, 0.717) is 25.5 Å². The number of aliphatic hydroxyl groups is 1. The Morgan fingerprint density at radius 1 is 1.09 bits per heavy atom. The van der Waals surface area contributed by atoms with E-state index in [4.69, 9.17) is 0 Å². The molecule has 5 heteroatoms. The summed E-state index contributed by atoms with van der Waals surface area (Å²) in [6, 6.07) is 12.6. The first-order chi connectivity index (χ1) is 11.1. The molecule has 3 nitrogen and oxygen atoms in total. The summed E-state index contributed by atoms with van der Waals surface area (Å²) in [5.74, 6) is -2.05. The van der Waals surface area contributed by atoms with Crippen molar-refractivity contribution >= 4 is 5.91 Å².